The number of aromatic hydroxyl groups is 2. The molecule has 20 heavy (non-hydrogen) atoms. The minimum Gasteiger partial charge on any atom is -0.504 e. The van der Waals surface area contributed by atoms with Gasteiger partial charge in [-0.1, -0.05) is 0 Å². The van der Waals surface area contributed by atoms with Gasteiger partial charge in [0.2, 0.25) is 0 Å². The van der Waals surface area contributed by atoms with Gasteiger partial charge in [0, 0.05) is 18.5 Å². The summed E-state index contributed by atoms with van der Waals surface area (Å²) in [5, 5.41) is 27.5. The van der Waals surface area contributed by atoms with E-state index in [9.17, 15) is 10.2 Å². The van der Waals surface area contributed by atoms with Crippen LogP contribution >= 0.6 is 28.3 Å². The standard InChI is InChI=1S/C15H15NO2S.BrH/c17-13-3-8-1-2-12-15(10(8)4-14(13)18)11-7-19-6-9(11)5-16-12;/h3-4,6-7,12,15-18H,1-2,5H2;1H/t12-,15+;/m1./s1. The van der Waals surface area contributed by atoms with Crippen LogP contribution in [0.5, 0.6) is 11.5 Å². The van der Waals surface area contributed by atoms with Crippen molar-refractivity contribution in [3.63, 3.8) is 0 Å². The molecule has 2 aromatic rings. The molecule has 3 nitrogen and oxygen atoms in total. The Bertz CT molecular complexity index is 655. The van der Waals surface area contributed by atoms with Crippen LogP contribution in [0.1, 0.15) is 34.6 Å². The first-order valence-electron chi connectivity index (χ1n) is 6.57. The van der Waals surface area contributed by atoms with Gasteiger partial charge >= 0.3 is 0 Å². The van der Waals surface area contributed by atoms with E-state index < -0.39 is 0 Å². The Hall–Kier alpha value is -1.04. The average molecular weight is 354 g/mol. The van der Waals surface area contributed by atoms with Crippen LogP contribution in [0, 0.1) is 0 Å². The molecule has 1 aromatic heterocycles. The molecular formula is C15H16BrNO2S. The lowest BCUT2D eigenvalue weighted by molar-refractivity contribution is 0.381. The Balaban J connectivity index is 0.00000121. The summed E-state index contributed by atoms with van der Waals surface area (Å²) in [6.07, 6.45) is 2.04. The van der Waals surface area contributed by atoms with Crippen LogP contribution in [-0.4, -0.2) is 16.3 Å². The number of benzene rings is 1. The number of thiophene rings is 1. The van der Waals surface area contributed by atoms with Crippen LogP contribution in [-0.2, 0) is 13.0 Å². The maximum absolute atomic E-state index is 9.80. The molecule has 1 aliphatic heterocycles. The van der Waals surface area contributed by atoms with E-state index in [1.165, 1.54) is 16.7 Å². The molecule has 0 radical (unpaired) electrons. The molecule has 0 amide bonds. The molecular weight excluding hydrogens is 338 g/mol. The fraction of sp³-hybridized carbons (Fsp3) is 0.333. The summed E-state index contributed by atoms with van der Waals surface area (Å²) in [4.78, 5) is 0. The van der Waals surface area contributed by atoms with Crippen LogP contribution in [0.3, 0.4) is 0 Å². The highest BCUT2D eigenvalue weighted by molar-refractivity contribution is 8.93. The zero-order valence-corrected chi connectivity index (χ0v) is 13.3. The number of hydrogen-bond donors (Lipinski definition) is 3. The first-order valence-corrected chi connectivity index (χ1v) is 7.51. The van der Waals surface area contributed by atoms with Gasteiger partial charge in [-0.3, -0.25) is 0 Å². The van der Waals surface area contributed by atoms with E-state index in [1.54, 1.807) is 23.5 Å². The highest BCUT2D eigenvalue weighted by Crippen LogP contribution is 2.44. The molecule has 0 saturated heterocycles. The molecule has 0 saturated carbocycles. The fourth-order valence-corrected chi connectivity index (χ4v) is 4.33. The van der Waals surface area contributed by atoms with Gasteiger partial charge in [-0.2, -0.15) is 11.3 Å². The third kappa shape index (κ3) is 1.96. The predicted octanol–water partition coefficient (Wildman–Crippen LogP) is 3.29. The molecule has 5 heteroatoms. The second-order valence-corrected chi connectivity index (χ2v) is 6.14. The quantitative estimate of drug-likeness (QED) is 0.637. The van der Waals surface area contributed by atoms with Gasteiger partial charge in [-0.05, 0) is 58.0 Å². The van der Waals surface area contributed by atoms with E-state index in [4.69, 9.17) is 0 Å². The lowest BCUT2D eigenvalue weighted by Gasteiger charge is -2.38. The Labute approximate surface area is 132 Å². The van der Waals surface area contributed by atoms with Gasteiger partial charge in [-0.25, -0.2) is 0 Å². The Morgan fingerprint density at radius 2 is 1.85 bits per heavy atom. The van der Waals surface area contributed by atoms with E-state index in [1.807, 2.05) is 0 Å². The highest BCUT2D eigenvalue weighted by Gasteiger charge is 2.35. The van der Waals surface area contributed by atoms with Crippen molar-refractivity contribution in [2.45, 2.75) is 31.3 Å². The molecule has 0 bridgehead atoms. The number of phenolic OH excluding ortho intramolecular Hbond substituents is 2. The largest absolute Gasteiger partial charge is 0.504 e. The molecule has 1 aromatic carbocycles. The zero-order chi connectivity index (χ0) is 13.0. The number of fused-ring (bicyclic) bond motifs is 5. The summed E-state index contributed by atoms with van der Waals surface area (Å²) >= 11 is 1.74. The summed E-state index contributed by atoms with van der Waals surface area (Å²) in [7, 11) is 0. The van der Waals surface area contributed by atoms with Crippen molar-refractivity contribution in [2.24, 2.45) is 0 Å². The predicted molar refractivity (Wildman–Crippen MR) is 85.2 cm³/mol. The van der Waals surface area contributed by atoms with Crippen molar-refractivity contribution in [2.75, 3.05) is 0 Å². The number of hydrogen-bond acceptors (Lipinski definition) is 4. The summed E-state index contributed by atoms with van der Waals surface area (Å²) in [5.41, 5.74) is 5.09. The van der Waals surface area contributed by atoms with Gasteiger partial charge in [0.15, 0.2) is 11.5 Å². The molecule has 2 atom stereocenters. The second kappa shape index (κ2) is 5.06. The number of aryl methyl sites for hydroxylation is 1. The molecule has 2 heterocycles. The van der Waals surface area contributed by atoms with E-state index in [2.05, 4.69) is 16.1 Å². The van der Waals surface area contributed by atoms with E-state index in [0.717, 1.165) is 24.9 Å². The monoisotopic (exact) mass is 353 g/mol. The molecule has 1 aliphatic carbocycles. The lowest BCUT2D eigenvalue weighted by Crippen LogP contribution is -2.42. The molecule has 2 aliphatic rings. The van der Waals surface area contributed by atoms with Crippen LogP contribution in [0.2, 0.25) is 0 Å². The normalized spacial score (nSPS) is 23.2. The first-order chi connectivity index (χ1) is 9.24. The lowest BCUT2D eigenvalue weighted by atomic mass is 9.73. The first kappa shape index (κ1) is 13.9. The SMILES string of the molecule is Br.Oc1cc2c(cc1O)[C@H]1c3cscc3CN[C@@H]1CC2. The van der Waals surface area contributed by atoms with Crippen LogP contribution in [0.15, 0.2) is 22.9 Å². The van der Waals surface area contributed by atoms with Crippen LogP contribution in [0.25, 0.3) is 0 Å². The third-order valence-corrected chi connectivity index (χ3v) is 5.17. The second-order valence-electron chi connectivity index (χ2n) is 5.40. The molecule has 0 unspecified atom stereocenters. The van der Waals surface area contributed by atoms with Crippen molar-refractivity contribution < 1.29 is 10.2 Å². The molecule has 106 valence electrons. The van der Waals surface area contributed by atoms with Gasteiger partial charge in [0.1, 0.15) is 0 Å². The van der Waals surface area contributed by atoms with Crippen molar-refractivity contribution in [1.82, 2.24) is 5.32 Å². The van der Waals surface area contributed by atoms with Crippen LogP contribution < -0.4 is 5.32 Å². The minimum atomic E-state index is -0.0123. The Morgan fingerprint density at radius 1 is 1.05 bits per heavy atom. The summed E-state index contributed by atoms with van der Waals surface area (Å²) in [5.74, 6) is 0.290. The highest BCUT2D eigenvalue weighted by atomic mass is 79.9. The van der Waals surface area contributed by atoms with Crippen molar-refractivity contribution in [3.8, 4) is 11.5 Å². The molecule has 0 fully saturated rings. The molecule has 0 spiro atoms. The molecule has 4 rings (SSSR count). The van der Waals surface area contributed by atoms with Crippen molar-refractivity contribution in [3.05, 3.63) is 45.1 Å². The number of halogens is 1. The number of nitrogens with one attached hydrogen (secondary N) is 1. The van der Waals surface area contributed by atoms with Gasteiger partial charge in [0.05, 0.1) is 0 Å². The average Bonchev–Trinajstić information content (AvgIpc) is 2.88. The Kier molecular flexibility index (Phi) is 3.52. The minimum absolute atomic E-state index is 0. The summed E-state index contributed by atoms with van der Waals surface area (Å²) in [6.45, 7) is 0.944. The van der Waals surface area contributed by atoms with E-state index >= 15 is 0 Å². The third-order valence-electron chi connectivity index (χ3n) is 4.36. The number of rotatable bonds is 0. The van der Waals surface area contributed by atoms with Gasteiger partial charge in [0.25, 0.3) is 0 Å². The summed E-state index contributed by atoms with van der Waals surface area (Å²) < 4.78 is 0. The topological polar surface area (TPSA) is 52.5 Å². The van der Waals surface area contributed by atoms with Gasteiger partial charge in [-0.15, -0.1) is 17.0 Å². The smallest absolute Gasteiger partial charge is 0.157 e. The maximum atomic E-state index is 9.80. The summed E-state index contributed by atoms with van der Waals surface area (Å²) in [6, 6.07) is 3.91. The Morgan fingerprint density at radius 3 is 2.70 bits per heavy atom. The zero-order valence-electron chi connectivity index (χ0n) is 10.8. The van der Waals surface area contributed by atoms with Crippen LogP contribution in [0.4, 0.5) is 0 Å². The maximum Gasteiger partial charge on any atom is 0.157 e. The molecule has 3 N–H and O–H groups in total. The van der Waals surface area contributed by atoms with Crippen molar-refractivity contribution in [1.29, 1.82) is 0 Å². The van der Waals surface area contributed by atoms with E-state index in [-0.39, 0.29) is 28.5 Å². The van der Waals surface area contributed by atoms with Crippen molar-refractivity contribution >= 4 is 28.3 Å². The van der Waals surface area contributed by atoms with E-state index in [0.29, 0.717) is 12.0 Å². The number of phenols is 2. The van der Waals surface area contributed by atoms with Gasteiger partial charge < -0.3 is 15.5 Å². The fourth-order valence-electron chi connectivity index (χ4n) is 3.43.